The van der Waals surface area contributed by atoms with E-state index in [4.69, 9.17) is 0 Å². The van der Waals surface area contributed by atoms with Crippen molar-refractivity contribution in [1.29, 1.82) is 0 Å². The fourth-order valence-electron chi connectivity index (χ4n) is 2.46. The van der Waals surface area contributed by atoms with E-state index in [0.717, 1.165) is 28.2 Å². The van der Waals surface area contributed by atoms with Crippen LogP contribution in [0.5, 0.6) is 0 Å². The van der Waals surface area contributed by atoms with Gasteiger partial charge in [0.2, 0.25) is 5.95 Å². The number of rotatable bonds is 5. The zero-order valence-corrected chi connectivity index (χ0v) is 14.9. The third kappa shape index (κ3) is 4.15. The molecule has 2 amide bonds. The minimum Gasteiger partial charge on any atom is -0.338 e. The second kappa shape index (κ2) is 7.64. The summed E-state index contributed by atoms with van der Waals surface area (Å²) in [4.78, 5) is 20.5. The molecule has 0 saturated carbocycles. The van der Waals surface area contributed by atoms with Crippen LogP contribution in [0.4, 0.5) is 22.1 Å². The first-order chi connectivity index (χ1) is 12.5. The van der Waals surface area contributed by atoms with Crippen LogP contribution in [-0.2, 0) is 7.05 Å². The Morgan fingerprint density at radius 1 is 1.15 bits per heavy atom. The highest BCUT2D eigenvalue weighted by atomic mass is 16.2. The number of hydrogen-bond acceptors (Lipinski definition) is 5. The van der Waals surface area contributed by atoms with Gasteiger partial charge in [0.15, 0.2) is 0 Å². The lowest BCUT2D eigenvalue weighted by molar-refractivity contribution is 0.252. The van der Waals surface area contributed by atoms with Gasteiger partial charge in [-0.25, -0.2) is 14.8 Å². The van der Waals surface area contributed by atoms with Gasteiger partial charge in [0.25, 0.3) is 0 Å². The van der Waals surface area contributed by atoms with Crippen LogP contribution in [0.2, 0.25) is 0 Å². The number of aryl methyl sites for hydroxylation is 2. The van der Waals surface area contributed by atoms with Gasteiger partial charge in [-0.2, -0.15) is 5.10 Å². The monoisotopic (exact) mass is 351 g/mol. The van der Waals surface area contributed by atoms with E-state index in [-0.39, 0.29) is 6.03 Å². The minimum absolute atomic E-state index is 0.221. The predicted octanol–water partition coefficient (Wildman–Crippen LogP) is 3.07. The van der Waals surface area contributed by atoms with Gasteiger partial charge in [0.05, 0.1) is 17.6 Å². The van der Waals surface area contributed by atoms with Crippen molar-refractivity contribution in [3.8, 4) is 11.3 Å². The van der Waals surface area contributed by atoms with E-state index in [0.29, 0.717) is 12.5 Å². The molecule has 0 radical (unpaired) electrons. The molecule has 134 valence electrons. The first-order valence-corrected chi connectivity index (χ1v) is 8.29. The van der Waals surface area contributed by atoms with Crippen molar-refractivity contribution in [3.63, 3.8) is 0 Å². The zero-order chi connectivity index (χ0) is 18.5. The van der Waals surface area contributed by atoms with Crippen LogP contribution in [0.1, 0.15) is 12.5 Å². The molecule has 3 aromatic rings. The predicted molar refractivity (Wildman–Crippen MR) is 101 cm³/mol. The van der Waals surface area contributed by atoms with Gasteiger partial charge in [-0.3, -0.25) is 4.68 Å². The fraction of sp³-hybridized carbons (Fsp3) is 0.222. The average molecular weight is 351 g/mol. The number of benzene rings is 1. The lowest BCUT2D eigenvalue weighted by Gasteiger charge is -2.10. The van der Waals surface area contributed by atoms with E-state index in [9.17, 15) is 4.79 Å². The largest absolute Gasteiger partial charge is 0.338 e. The van der Waals surface area contributed by atoms with E-state index in [1.165, 1.54) is 0 Å². The van der Waals surface area contributed by atoms with Crippen molar-refractivity contribution >= 4 is 23.4 Å². The standard InChI is InChI=1S/C18H21N7O/c1-4-19-18(26)23-14-7-5-13(6-8-14)16-12(2)9-20-17(24-16)22-15-10-21-25(3)11-15/h5-11H,4H2,1-3H3,(H2,19,23,26)(H,20,22,24). The summed E-state index contributed by atoms with van der Waals surface area (Å²) >= 11 is 0. The van der Waals surface area contributed by atoms with E-state index in [1.54, 1.807) is 17.1 Å². The van der Waals surface area contributed by atoms with Gasteiger partial charge in [-0.15, -0.1) is 0 Å². The number of carbonyl (C=O) groups is 1. The summed E-state index contributed by atoms with van der Waals surface area (Å²) < 4.78 is 1.71. The first-order valence-electron chi connectivity index (χ1n) is 8.29. The van der Waals surface area contributed by atoms with Gasteiger partial charge in [0, 0.05) is 37.2 Å². The molecule has 0 aliphatic rings. The molecular weight excluding hydrogens is 330 g/mol. The number of aromatic nitrogens is 4. The Balaban J connectivity index is 1.79. The Kier molecular flexibility index (Phi) is 5.12. The molecule has 0 saturated heterocycles. The summed E-state index contributed by atoms with van der Waals surface area (Å²) in [6, 6.07) is 7.32. The number of nitrogens with zero attached hydrogens (tertiary/aromatic N) is 4. The smallest absolute Gasteiger partial charge is 0.319 e. The SMILES string of the molecule is CCNC(=O)Nc1ccc(-c2nc(Nc3cnn(C)c3)ncc2C)cc1. The highest BCUT2D eigenvalue weighted by Gasteiger charge is 2.08. The Hall–Kier alpha value is -3.42. The van der Waals surface area contributed by atoms with Crippen LogP contribution < -0.4 is 16.0 Å². The highest BCUT2D eigenvalue weighted by Crippen LogP contribution is 2.24. The fourth-order valence-corrected chi connectivity index (χ4v) is 2.46. The van der Waals surface area contributed by atoms with Crippen LogP contribution in [0, 0.1) is 6.92 Å². The number of carbonyl (C=O) groups excluding carboxylic acids is 1. The van der Waals surface area contributed by atoms with Gasteiger partial charge < -0.3 is 16.0 Å². The van der Waals surface area contributed by atoms with E-state index >= 15 is 0 Å². The van der Waals surface area contributed by atoms with Crippen LogP contribution in [0.3, 0.4) is 0 Å². The van der Waals surface area contributed by atoms with Gasteiger partial charge in [0.1, 0.15) is 0 Å². The molecule has 2 aromatic heterocycles. The summed E-state index contributed by atoms with van der Waals surface area (Å²) in [6.07, 6.45) is 5.34. The lowest BCUT2D eigenvalue weighted by Crippen LogP contribution is -2.28. The van der Waals surface area contributed by atoms with Crippen molar-refractivity contribution < 1.29 is 4.79 Å². The summed E-state index contributed by atoms with van der Waals surface area (Å²) in [7, 11) is 1.85. The number of hydrogen-bond donors (Lipinski definition) is 3. The number of urea groups is 1. The molecule has 26 heavy (non-hydrogen) atoms. The summed E-state index contributed by atoms with van der Waals surface area (Å²) in [5, 5.41) is 12.7. The molecule has 0 bridgehead atoms. The van der Waals surface area contributed by atoms with Crippen LogP contribution in [0.25, 0.3) is 11.3 Å². The third-order valence-corrected chi connectivity index (χ3v) is 3.69. The summed E-state index contributed by atoms with van der Waals surface area (Å²) in [6.45, 7) is 4.42. The summed E-state index contributed by atoms with van der Waals surface area (Å²) in [5.74, 6) is 0.503. The van der Waals surface area contributed by atoms with E-state index in [1.807, 2.05) is 51.4 Å². The lowest BCUT2D eigenvalue weighted by atomic mass is 10.1. The third-order valence-electron chi connectivity index (χ3n) is 3.69. The first kappa shape index (κ1) is 17.4. The molecule has 3 rings (SSSR count). The number of nitrogens with one attached hydrogen (secondary N) is 3. The number of amides is 2. The molecule has 1 aromatic carbocycles. The molecule has 3 N–H and O–H groups in total. The normalized spacial score (nSPS) is 10.4. The topological polar surface area (TPSA) is 96.8 Å². The summed E-state index contributed by atoms with van der Waals surface area (Å²) in [5.41, 5.74) is 4.28. The second-order valence-corrected chi connectivity index (χ2v) is 5.81. The van der Waals surface area contributed by atoms with Gasteiger partial charge in [-0.1, -0.05) is 12.1 Å². The Morgan fingerprint density at radius 3 is 2.58 bits per heavy atom. The van der Waals surface area contributed by atoms with Crippen LogP contribution in [0.15, 0.2) is 42.9 Å². The maximum atomic E-state index is 11.6. The number of anilines is 3. The van der Waals surface area contributed by atoms with Crippen molar-refractivity contribution in [1.82, 2.24) is 25.1 Å². The molecule has 8 heteroatoms. The minimum atomic E-state index is -0.221. The van der Waals surface area contributed by atoms with Gasteiger partial charge in [-0.05, 0) is 31.5 Å². The molecule has 0 aliphatic carbocycles. The zero-order valence-electron chi connectivity index (χ0n) is 14.9. The Labute approximate surface area is 151 Å². The quantitative estimate of drug-likeness (QED) is 0.656. The molecule has 0 fully saturated rings. The van der Waals surface area contributed by atoms with Crippen LogP contribution >= 0.6 is 0 Å². The molecule has 0 atom stereocenters. The van der Waals surface area contributed by atoms with E-state index < -0.39 is 0 Å². The molecule has 8 nitrogen and oxygen atoms in total. The van der Waals surface area contributed by atoms with Crippen molar-refractivity contribution in [2.75, 3.05) is 17.2 Å². The maximum Gasteiger partial charge on any atom is 0.319 e. The van der Waals surface area contributed by atoms with Crippen molar-refractivity contribution in [3.05, 3.63) is 48.4 Å². The second-order valence-electron chi connectivity index (χ2n) is 5.81. The van der Waals surface area contributed by atoms with Gasteiger partial charge >= 0.3 is 6.03 Å². The van der Waals surface area contributed by atoms with Crippen molar-refractivity contribution in [2.24, 2.45) is 7.05 Å². The molecular formula is C18H21N7O. The molecule has 2 heterocycles. The molecule has 0 unspecified atom stereocenters. The van der Waals surface area contributed by atoms with E-state index in [2.05, 4.69) is 31.0 Å². The Bertz CT molecular complexity index is 902. The Morgan fingerprint density at radius 2 is 1.92 bits per heavy atom. The van der Waals surface area contributed by atoms with Crippen molar-refractivity contribution in [2.45, 2.75) is 13.8 Å². The molecule has 0 aliphatic heterocycles. The maximum absolute atomic E-state index is 11.6. The van der Waals surface area contributed by atoms with Crippen LogP contribution in [-0.4, -0.2) is 32.3 Å². The average Bonchev–Trinajstić information content (AvgIpc) is 3.02. The highest BCUT2D eigenvalue weighted by molar-refractivity contribution is 5.89. The molecule has 0 spiro atoms.